The third-order valence-electron chi connectivity index (χ3n) is 5.72. The molecule has 3 aromatic rings. The molecule has 0 aliphatic carbocycles. The highest BCUT2D eigenvalue weighted by molar-refractivity contribution is 7.89. The maximum atomic E-state index is 14.0. The van der Waals surface area contributed by atoms with Crippen LogP contribution in [0.1, 0.15) is 32.0 Å². The number of rotatable bonds is 8. The van der Waals surface area contributed by atoms with Gasteiger partial charge in [0.2, 0.25) is 10.0 Å². The first kappa shape index (κ1) is 24.1. The molecule has 8 nitrogen and oxygen atoms in total. The molecule has 1 saturated heterocycles. The van der Waals surface area contributed by atoms with Crippen LogP contribution in [0.4, 0.5) is 8.78 Å². The molecule has 11 heteroatoms. The van der Waals surface area contributed by atoms with Crippen molar-refractivity contribution in [2.45, 2.75) is 56.2 Å². The Morgan fingerprint density at radius 1 is 1.18 bits per heavy atom. The van der Waals surface area contributed by atoms with E-state index in [1.165, 1.54) is 28.9 Å². The van der Waals surface area contributed by atoms with Gasteiger partial charge in [-0.05, 0) is 50.6 Å². The Labute approximate surface area is 195 Å². The molecule has 1 unspecified atom stereocenters. The number of sulfonamides is 1. The Balaban J connectivity index is 1.68. The van der Waals surface area contributed by atoms with Crippen molar-refractivity contribution in [3.8, 4) is 5.75 Å². The fraction of sp³-hybridized carbons (Fsp3) is 0.391. The highest BCUT2D eigenvalue weighted by Crippen LogP contribution is 2.37. The van der Waals surface area contributed by atoms with E-state index in [1.54, 1.807) is 24.3 Å². The minimum Gasteiger partial charge on any atom is -0.491 e. The molecule has 1 aromatic heterocycles. The van der Waals surface area contributed by atoms with Crippen LogP contribution in [0, 0.1) is 0 Å². The topological polar surface area (TPSA) is 102 Å². The molecule has 4 rings (SSSR count). The molecule has 0 spiro atoms. The summed E-state index contributed by atoms with van der Waals surface area (Å²) >= 11 is 0. The van der Waals surface area contributed by atoms with Crippen molar-refractivity contribution in [3.05, 3.63) is 54.2 Å². The number of carbonyl (C=O) groups is 1. The molecule has 0 amide bonds. The largest absolute Gasteiger partial charge is 0.491 e. The first-order valence-corrected chi connectivity index (χ1v) is 12.3. The van der Waals surface area contributed by atoms with Gasteiger partial charge in [0.25, 0.3) is 6.43 Å². The van der Waals surface area contributed by atoms with Crippen molar-refractivity contribution in [1.29, 1.82) is 0 Å². The maximum Gasteiger partial charge on any atom is 0.309 e. The van der Waals surface area contributed by atoms with Gasteiger partial charge in [0.15, 0.2) is 0 Å². The average molecular weight is 494 g/mol. The van der Waals surface area contributed by atoms with Crippen LogP contribution in [0.5, 0.6) is 5.75 Å². The minimum absolute atomic E-state index is 0.0973. The second kappa shape index (κ2) is 9.30. The molecule has 1 N–H and O–H groups in total. The summed E-state index contributed by atoms with van der Waals surface area (Å²) in [5.74, 6) is -0.589. The van der Waals surface area contributed by atoms with Gasteiger partial charge >= 0.3 is 5.97 Å². The lowest BCUT2D eigenvalue weighted by molar-refractivity contribution is -0.136. The van der Waals surface area contributed by atoms with Crippen molar-refractivity contribution >= 4 is 26.9 Å². The smallest absolute Gasteiger partial charge is 0.309 e. The van der Waals surface area contributed by atoms with Crippen LogP contribution in [-0.2, 0) is 21.2 Å². The van der Waals surface area contributed by atoms with E-state index in [-0.39, 0.29) is 30.4 Å². The van der Waals surface area contributed by atoms with Crippen LogP contribution >= 0.6 is 0 Å². The number of ether oxygens (including phenoxy) is 1. The third kappa shape index (κ3) is 4.62. The highest BCUT2D eigenvalue weighted by atomic mass is 32.2. The lowest BCUT2D eigenvalue weighted by Crippen LogP contribution is -2.39. The molecular weight excluding hydrogens is 468 g/mol. The Hall–Kier alpha value is -3.05. The second-order valence-electron chi connectivity index (χ2n) is 8.48. The van der Waals surface area contributed by atoms with Gasteiger partial charge in [0.05, 0.1) is 40.7 Å². The fourth-order valence-electron chi connectivity index (χ4n) is 4.30. The number of carboxylic acids is 1. The number of halogens is 2. The van der Waals surface area contributed by atoms with Gasteiger partial charge in [-0.25, -0.2) is 17.2 Å². The van der Waals surface area contributed by atoms with Crippen molar-refractivity contribution in [1.82, 2.24) is 14.1 Å². The molecular formula is C23H25F2N3O5S. The van der Waals surface area contributed by atoms with Gasteiger partial charge in [-0.1, -0.05) is 18.2 Å². The predicted molar refractivity (Wildman–Crippen MR) is 121 cm³/mol. The van der Waals surface area contributed by atoms with Crippen molar-refractivity contribution in [2.24, 2.45) is 0 Å². The summed E-state index contributed by atoms with van der Waals surface area (Å²) in [6.45, 7) is 3.46. The van der Waals surface area contributed by atoms with E-state index in [1.807, 2.05) is 13.8 Å². The average Bonchev–Trinajstić information content (AvgIpc) is 3.36. The molecule has 1 aliphatic rings. The van der Waals surface area contributed by atoms with Crippen LogP contribution < -0.4 is 4.74 Å². The van der Waals surface area contributed by atoms with Crippen molar-refractivity contribution in [2.75, 3.05) is 6.54 Å². The zero-order chi connectivity index (χ0) is 24.6. The zero-order valence-electron chi connectivity index (χ0n) is 18.6. The maximum absolute atomic E-state index is 14.0. The predicted octanol–water partition coefficient (Wildman–Crippen LogP) is 3.72. The molecule has 1 fully saturated rings. The summed E-state index contributed by atoms with van der Waals surface area (Å²) in [6, 6.07) is 10.4. The monoisotopic (exact) mass is 493 g/mol. The molecule has 34 heavy (non-hydrogen) atoms. The van der Waals surface area contributed by atoms with E-state index in [2.05, 4.69) is 5.10 Å². The number of aliphatic carboxylic acids is 1. The lowest BCUT2D eigenvalue weighted by Gasteiger charge is -2.23. The molecule has 2 heterocycles. The third-order valence-corrected chi connectivity index (χ3v) is 7.63. The Kier molecular flexibility index (Phi) is 6.59. The van der Waals surface area contributed by atoms with Crippen LogP contribution in [0.2, 0.25) is 0 Å². The van der Waals surface area contributed by atoms with Crippen LogP contribution in [0.3, 0.4) is 0 Å². The van der Waals surface area contributed by atoms with Gasteiger partial charge in [-0.3, -0.25) is 9.48 Å². The number of aromatic nitrogens is 2. The lowest BCUT2D eigenvalue weighted by atomic mass is 10.1. The summed E-state index contributed by atoms with van der Waals surface area (Å²) < 4.78 is 62.5. The number of nitrogens with zero attached hydrogens (tertiary/aromatic N) is 3. The number of carboxylic acid groups (broad SMARTS) is 1. The number of hydrogen-bond donors (Lipinski definition) is 1. The molecule has 182 valence electrons. The van der Waals surface area contributed by atoms with Gasteiger partial charge < -0.3 is 9.84 Å². The summed E-state index contributed by atoms with van der Waals surface area (Å²) in [5.41, 5.74) is 0.880. The fourth-order valence-corrected chi connectivity index (χ4v) is 5.95. The first-order valence-electron chi connectivity index (χ1n) is 10.8. The number of para-hydroxylation sites is 1. The second-order valence-corrected chi connectivity index (χ2v) is 10.4. The first-order chi connectivity index (χ1) is 16.1. The van der Waals surface area contributed by atoms with Crippen LogP contribution in [0.15, 0.2) is 53.4 Å². The number of hydrogen-bond acceptors (Lipinski definition) is 5. The minimum atomic E-state index is -4.22. The molecule has 0 bridgehead atoms. The molecule has 0 saturated carbocycles. The van der Waals surface area contributed by atoms with Gasteiger partial charge in [-0.15, -0.1) is 0 Å². The molecule has 2 aromatic carbocycles. The number of benzene rings is 2. The Bertz CT molecular complexity index is 1290. The normalized spacial score (nSPS) is 19.4. The Morgan fingerprint density at radius 3 is 2.47 bits per heavy atom. The highest BCUT2D eigenvalue weighted by Gasteiger charge is 2.46. The van der Waals surface area contributed by atoms with Crippen LogP contribution in [-0.4, -0.2) is 58.7 Å². The van der Waals surface area contributed by atoms with Gasteiger partial charge in [0, 0.05) is 11.9 Å². The quantitative estimate of drug-likeness (QED) is 0.513. The van der Waals surface area contributed by atoms with E-state index < -0.39 is 34.5 Å². The standard InChI is InChI=1S/C23H25F2N3O5S/c1-14(2)33-16-7-9-17(10-8-16)34(31,32)27-13-15(11-21(27)23(24)25)28-20-6-4-3-5-18(20)19(26-28)12-22(29)30/h3-10,14-15,21,23H,11-13H2,1-2H3,(H,29,30)/t15-,21?/m1/s1. The molecule has 1 aliphatic heterocycles. The van der Waals surface area contributed by atoms with E-state index in [0.717, 1.165) is 4.31 Å². The summed E-state index contributed by atoms with van der Waals surface area (Å²) in [5, 5.41) is 14.2. The number of alkyl halides is 2. The van der Waals surface area contributed by atoms with E-state index in [0.29, 0.717) is 22.3 Å². The summed E-state index contributed by atoms with van der Waals surface area (Å²) in [7, 11) is -4.22. The molecule has 2 atom stereocenters. The molecule has 0 radical (unpaired) electrons. The number of fused-ring (bicyclic) bond motifs is 1. The van der Waals surface area contributed by atoms with E-state index in [4.69, 9.17) is 4.74 Å². The van der Waals surface area contributed by atoms with Gasteiger partial charge in [0.1, 0.15) is 5.75 Å². The van der Waals surface area contributed by atoms with E-state index in [9.17, 15) is 27.1 Å². The van der Waals surface area contributed by atoms with Crippen molar-refractivity contribution < 1.29 is 31.8 Å². The SMILES string of the molecule is CC(C)Oc1ccc(S(=O)(=O)N2C[C@H](n3nc(CC(=O)O)c4ccccc43)CC2C(F)F)cc1. The zero-order valence-corrected chi connectivity index (χ0v) is 19.5. The summed E-state index contributed by atoms with van der Waals surface area (Å²) in [6.07, 6.45) is -3.47. The van der Waals surface area contributed by atoms with Crippen molar-refractivity contribution in [3.63, 3.8) is 0 Å². The van der Waals surface area contributed by atoms with Gasteiger partial charge in [-0.2, -0.15) is 9.40 Å². The van der Waals surface area contributed by atoms with Crippen LogP contribution in [0.25, 0.3) is 10.9 Å². The van der Waals surface area contributed by atoms with E-state index >= 15 is 0 Å². The Morgan fingerprint density at radius 2 is 1.85 bits per heavy atom. The summed E-state index contributed by atoms with van der Waals surface area (Å²) in [4.78, 5) is 11.2.